The van der Waals surface area contributed by atoms with E-state index >= 15 is 0 Å². The fraction of sp³-hybridized carbons (Fsp3) is 0.529. The van der Waals surface area contributed by atoms with Gasteiger partial charge in [-0.25, -0.2) is 0 Å². The normalized spacial score (nSPS) is 14.8. The van der Waals surface area contributed by atoms with Crippen LogP contribution in [0.3, 0.4) is 0 Å². The fourth-order valence-electron chi connectivity index (χ4n) is 2.62. The zero-order chi connectivity index (χ0) is 19.7. The Labute approximate surface area is 154 Å². The summed E-state index contributed by atoms with van der Waals surface area (Å²) in [6.45, 7) is 2.11. The molecule has 8 nitrogen and oxygen atoms in total. The first-order valence-electron chi connectivity index (χ1n) is 7.89. The number of rotatable bonds is 11. The van der Waals surface area contributed by atoms with Crippen molar-refractivity contribution in [2.24, 2.45) is 5.92 Å². The molecule has 0 heterocycles. The van der Waals surface area contributed by atoms with Gasteiger partial charge in [0.1, 0.15) is 5.75 Å². The van der Waals surface area contributed by atoms with Gasteiger partial charge in [0.25, 0.3) is 8.05 Å². The topological polar surface area (TPSA) is 89.3 Å². The third-order valence-electron chi connectivity index (χ3n) is 3.94. The van der Waals surface area contributed by atoms with Crippen molar-refractivity contribution < 1.29 is 28.5 Å². The second-order valence-corrected chi connectivity index (χ2v) is 5.53. The number of hydrogen-bond donors (Lipinski definition) is 0. The first kappa shape index (κ1) is 21.9. The van der Waals surface area contributed by atoms with Crippen LogP contribution >= 0.6 is 0 Å². The molecule has 26 heavy (non-hydrogen) atoms. The average Bonchev–Trinajstić information content (AvgIpc) is 2.64. The molecule has 0 bridgehead atoms. The summed E-state index contributed by atoms with van der Waals surface area (Å²) < 4.78 is 25.9. The van der Waals surface area contributed by atoms with E-state index < -0.39 is 11.0 Å². The molecule has 2 radical (unpaired) electrons. The van der Waals surface area contributed by atoms with Gasteiger partial charge in [0.15, 0.2) is 0 Å². The largest absolute Gasteiger partial charge is 0.496 e. The second-order valence-electron chi connectivity index (χ2n) is 5.53. The summed E-state index contributed by atoms with van der Waals surface area (Å²) in [7, 11) is 11.0. The predicted octanol–water partition coefficient (Wildman–Crippen LogP) is 2.61. The van der Waals surface area contributed by atoms with Gasteiger partial charge in [0, 0.05) is 25.7 Å². The number of nitro benzene ring substituents is 1. The first-order valence-corrected chi connectivity index (χ1v) is 7.89. The minimum Gasteiger partial charge on any atom is -0.496 e. The van der Waals surface area contributed by atoms with Gasteiger partial charge in [-0.2, -0.15) is 0 Å². The van der Waals surface area contributed by atoms with E-state index in [2.05, 4.69) is 4.65 Å². The lowest BCUT2D eigenvalue weighted by Crippen LogP contribution is -2.17. The summed E-state index contributed by atoms with van der Waals surface area (Å²) in [5, 5.41) is 11.4. The smallest absolute Gasteiger partial charge is 0.315 e. The number of hydrogen-bond acceptors (Lipinski definition) is 7. The number of benzene rings is 1. The minimum atomic E-state index is -0.516. The summed E-state index contributed by atoms with van der Waals surface area (Å²) in [6, 6.07) is 2.98. The SMILES string of the molecule is [B]OC[C@H](/C=C/[C@H](C)[C@@H](OC)c1cc(OC)cc([N+](=O)[O-])c1OC)OC. The molecule has 1 aromatic carbocycles. The van der Waals surface area contributed by atoms with Crippen LogP contribution in [0.1, 0.15) is 18.6 Å². The van der Waals surface area contributed by atoms with Gasteiger partial charge in [-0.05, 0) is 6.07 Å². The van der Waals surface area contributed by atoms with Crippen LogP contribution in [0.5, 0.6) is 11.5 Å². The first-order chi connectivity index (χ1) is 12.4. The summed E-state index contributed by atoms with van der Waals surface area (Å²) in [5.41, 5.74) is 0.327. The van der Waals surface area contributed by atoms with Crippen LogP contribution < -0.4 is 9.47 Å². The summed E-state index contributed by atoms with van der Waals surface area (Å²) in [6.07, 6.45) is 2.84. The van der Waals surface area contributed by atoms with Gasteiger partial charge in [0.05, 0.1) is 44.0 Å². The highest BCUT2D eigenvalue weighted by atomic mass is 16.6. The van der Waals surface area contributed by atoms with E-state index in [0.29, 0.717) is 11.3 Å². The number of methoxy groups -OCH3 is 4. The summed E-state index contributed by atoms with van der Waals surface area (Å²) in [5.74, 6) is 0.324. The highest BCUT2D eigenvalue weighted by Gasteiger charge is 2.28. The lowest BCUT2D eigenvalue weighted by molar-refractivity contribution is -0.385. The van der Waals surface area contributed by atoms with Crippen molar-refractivity contribution in [1.82, 2.24) is 0 Å². The Bertz CT molecular complexity index is 623. The quantitative estimate of drug-likeness (QED) is 0.258. The van der Waals surface area contributed by atoms with Gasteiger partial charge in [-0.3, -0.25) is 10.1 Å². The summed E-state index contributed by atoms with van der Waals surface area (Å²) in [4.78, 5) is 10.9. The molecule has 0 aliphatic rings. The molecular formula is C17H24BNO7. The number of ether oxygens (including phenoxy) is 4. The molecule has 1 aromatic rings. The highest BCUT2D eigenvalue weighted by molar-refractivity contribution is 5.97. The molecule has 1 rings (SSSR count). The van der Waals surface area contributed by atoms with E-state index in [1.54, 1.807) is 19.3 Å². The Morgan fingerprint density at radius 1 is 1.15 bits per heavy atom. The van der Waals surface area contributed by atoms with E-state index in [0.717, 1.165) is 0 Å². The van der Waals surface area contributed by atoms with E-state index in [1.165, 1.54) is 27.4 Å². The molecule has 0 fully saturated rings. The lowest BCUT2D eigenvalue weighted by atomic mass is 9.94. The van der Waals surface area contributed by atoms with E-state index in [-0.39, 0.29) is 30.1 Å². The van der Waals surface area contributed by atoms with Crippen molar-refractivity contribution in [1.29, 1.82) is 0 Å². The molecule has 0 spiro atoms. The van der Waals surface area contributed by atoms with Crippen LogP contribution in [-0.4, -0.2) is 54.1 Å². The maximum atomic E-state index is 11.4. The third-order valence-corrected chi connectivity index (χ3v) is 3.94. The molecule has 9 heteroatoms. The van der Waals surface area contributed by atoms with Crippen molar-refractivity contribution in [2.75, 3.05) is 35.0 Å². The molecule has 3 atom stereocenters. The molecule has 0 unspecified atom stereocenters. The van der Waals surface area contributed by atoms with Crippen molar-refractivity contribution in [2.45, 2.75) is 19.1 Å². The van der Waals surface area contributed by atoms with Crippen molar-refractivity contribution in [3.63, 3.8) is 0 Å². The minimum absolute atomic E-state index is 0.136. The Kier molecular flexibility index (Phi) is 9.11. The molecule has 0 saturated heterocycles. The van der Waals surface area contributed by atoms with Gasteiger partial charge in [-0.15, -0.1) is 0 Å². The molecule has 0 saturated carbocycles. The highest BCUT2D eigenvalue weighted by Crippen LogP contribution is 2.42. The average molecular weight is 365 g/mol. The van der Waals surface area contributed by atoms with Crippen LogP contribution in [0.25, 0.3) is 0 Å². The van der Waals surface area contributed by atoms with Crippen LogP contribution in [0.2, 0.25) is 0 Å². The fourth-order valence-corrected chi connectivity index (χ4v) is 2.62. The molecule has 0 amide bonds. The third kappa shape index (κ3) is 5.45. The van der Waals surface area contributed by atoms with Crippen LogP contribution in [0.15, 0.2) is 24.3 Å². The monoisotopic (exact) mass is 365 g/mol. The van der Waals surface area contributed by atoms with Crippen molar-refractivity contribution in [3.8, 4) is 11.5 Å². The van der Waals surface area contributed by atoms with Crippen molar-refractivity contribution in [3.05, 3.63) is 40.0 Å². The zero-order valence-electron chi connectivity index (χ0n) is 15.6. The Morgan fingerprint density at radius 2 is 1.85 bits per heavy atom. The van der Waals surface area contributed by atoms with Crippen molar-refractivity contribution >= 4 is 13.7 Å². The summed E-state index contributed by atoms with van der Waals surface area (Å²) >= 11 is 0. The maximum absolute atomic E-state index is 11.4. The molecule has 0 aliphatic carbocycles. The standard InChI is InChI=1S/C17H24BNO7/c1-11(6-7-12(22-2)10-26-18)16(24-4)14-8-13(23-3)9-15(19(20)21)17(14)25-5/h6-9,11-12,16H,10H2,1-5H3/b7-6+/t11-,12-,16+/m0/s1. The maximum Gasteiger partial charge on any atom is 0.315 e. The van der Waals surface area contributed by atoms with E-state index in [1.807, 2.05) is 13.0 Å². The van der Waals surface area contributed by atoms with Crippen LogP contribution in [0, 0.1) is 16.0 Å². The molecule has 142 valence electrons. The molecular weight excluding hydrogens is 341 g/mol. The van der Waals surface area contributed by atoms with Gasteiger partial charge in [0.2, 0.25) is 5.75 Å². The molecule has 0 aromatic heterocycles. The number of nitro groups is 1. The van der Waals surface area contributed by atoms with Crippen LogP contribution in [0.4, 0.5) is 5.69 Å². The van der Waals surface area contributed by atoms with Gasteiger partial charge in [-0.1, -0.05) is 19.1 Å². The second kappa shape index (κ2) is 10.8. The molecule has 0 N–H and O–H groups in total. The Balaban J connectivity index is 3.28. The number of nitrogens with zero attached hydrogens (tertiary/aromatic N) is 1. The predicted molar refractivity (Wildman–Crippen MR) is 96.8 cm³/mol. The van der Waals surface area contributed by atoms with Crippen LogP contribution in [-0.2, 0) is 14.1 Å². The Morgan fingerprint density at radius 3 is 2.31 bits per heavy atom. The Hall–Kier alpha value is -2.10. The molecule has 0 aliphatic heterocycles. The van der Waals surface area contributed by atoms with Gasteiger partial charge >= 0.3 is 5.69 Å². The lowest BCUT2D eigenvalue weighted by Gasteiger charge is -2.23. The zero-order valence-corrected chi connectivity index (χ0v) is 15.6. The van der Waals surface area contributed by atoms with E-state index in [4.69, 9.17) is 27.0 Å². The van der Waals surface area contributed by atoms with E-state index in [9.17, 15) is 10.1 Å². The van der Waals surface area contributed by atoms with Gasteiger partial charge < -0.3 is 23.6 Å².